The van der Waals surface area contributed by atoms with Gasteiger partial charge in [-0.3, -0.25) is 0 Å². The molecule has 7 heteroatoms. The van der Waals surface area contributed by atoms with E-state index in [1.807, 2.05) is 0 Å². The number of aryl methyl sites for hydroxylation is 1. The van der Waals surface area contributed by atoms with Gasteiger partial charge >= 0.3 is 0 Å². The van der Waals surface area contributed by atoms with E-state index in [0.29, 0.717) is 18.9 Å². The molecule has 2 heterocycles. The molecule has 6 nitrogen and oxygen atoms in total. The third kappa shape index (κ3) is 1.77. The van der Waals surface area contributed by atoms with Crippen LogP contribution >= 0.6 is 0 Å². The summed E-state index contributed by atoms with van der Waals surface area (Å²) in [4.78, 5) is 6.55. The van der Waals surface area contributed by atoms with E-state index in [-0.39, 0.29) is 17.6 Å². The average Bonchev–Trinajstić information content (AvgIpc) is 2.50. The molecule has 0 atom stereocenters. The number of hydrogen-bond donors (Lipinski definition) is 2. The zero-order valence-corrected chi connectivity index (χ0v) is 9.16. The van der Waals surface area contributed by atoms with Crippen LogP contribution in [0.15, 0.2) is 11.2 Å². The van der Waals surface area contributed by atoms with Crippen molar-refractivity contribution in [3.8, 4) is 0 Å². The van der Waals surface area contributed by atoms with E-state index in [9.17, 15) is 8.42 Å². The SMILES string of the molecule is Cc1ncc(S(=O)(=O)N2CC(CO)C2)[nH]1. The highest BCUT2D eigenvalue weighted by Crippen LogP contribution is 2.23. The predicted octanol–water partition coefficient (Wildman–Crippen LogP) is -0.669. The summed E-state index contributed by atoms with van der Waals surface area (Å²) < 4.78 is 25.1. The van der Waals surface area contributed by atoms with Crippen molar-refractivity contribution in [2.75, 3.05) is 19.7 Å². The summed E-state index contributed by atoms with van der Waals surface area (Å²) in [5.41, 5.74) is 0. The molecule has 0 radical (unpaired) electrons. The number of aromatic amines is 1. The van der Waals surface area contributed by atoms with Gasteiger partial charge in [0.25, 0.3) is 10.0 Å². The molecule has 2 N–H and O–H groups in total. The minimum Gasteiger partial charge on any atom is -0.396 e. The molecule has 1 fully saturated rings. The molecule has 1 aliphatic heterocycles. The van der Waals surface area contributed by atoms with E-state index >= 15 is 0 Å². The topological polar surface area (TPSA) is 86.3 Å². The second-order valence-electron chi connectivity index (χ2n) is 3.70. The normalized spacial score (nSPS) is 19.1. The molecular formula is C8H13N3O3S. The number of sulfonamides is 1. The van der Waals surface area contributed by atoms with Crippen LogP contribution in [-0.4, -0.2) is 47.5 Å². The van der Waals surface area contributed by atoms with Gasteiger partial charge in [-0.15, -0.1) is 0 Å². The molecule has 0 bridgehead atoms. The third-order valence-electron chi connectivity index (χ3n) is 2.48. The molecule has 0 amide bonds. The second kappa shape index (κ2) is 3.58. The van der Waals surface area contributed by atoms with E-state index in [4.69, 9.17) is 5.11 Å². The number of rotatable bonds is 3. The van der Waals surface area contributed by atoms with E-state index in [2.05, 4.69) is 9.97 Å². The van der Waals surface area contributed by atoms with Gasteiger partial charge in [-0.25, -0.2) is 13.4 Å². The predicted molar refractivity (Wildman–Crippen MR) is 52.7 cm³/mol. The van der Waals surface area contributed by atoms with Crippen molar-refractivity contribution in [2.24, 2.45) is 5.92 Å². The highest BCUT2D eigenvalue weighted by Gasteiger charge is 2.37. The molecule has 1 aromatic heterocycles. The molecule has 0 spiro atoms. The highest BCUT2D eigenvalue weighted by atomic mass is 32.2. The first-order valence-corrected chi connectivity index (χ1v) is 6.10. The van der Waals surface area contributed by atoms with Gasteiger partial charge in [0.05, 0.1) is 6.20 Å². The first kappa shape index (κ1) is 10.6. The fourth-order valence-electron chi connectivity index (χ4n) is 1.50. The largest absolute Gasteiger partial charge is 0.396 e. The number of hydrogen-bond acceptors (Lipinski definition) is 4. The minimum absolute atomic E-state index is 0.0357. The Hall–Kier alpha value is -0.920. The first-order chi connectivity index (χ1) is 7.04. The molecule has 15 heavy (non-hydrogen) atoms. The van der Waals surface area contributed by atoms with Gasteiger partial charge in [-0.05, 0) is 6.92 Å². The van der Waals surface area contributed by atoms with E-state index < -0.39 is 10.0 Å². The summed E-state index contributed by atoms with van der Waals surface area (Å²) in [6.45, 7) is 2.51. The van der Waals surface area contributed by atoms with Gasteiger partial charge in [-0.2, -0.15) is 4.31 Å². The number of aliphatic hydroxyl groups is 1. The maximum Gasteiger partial charge on any atom is 0.260 e. The molecule has 0 aromatic carbocycles. The summed E-state index contributed by atoms with van der Waals surface area (Å²) in [5, 5.41) is 8.92. The Kier molecular flexibility index (Phi) is 2.53. The monoisotopic (exact) mass is 231 g/mol. The molecule has 0 unspecified atom stereocenters. The van der Waals surface area contributed by atoms with Gasteiger partial charge in [0, 0.05) is 25.6 Å². The van der Waals surface area contributed by atoms with E-state index in [0.717, 1.165) is 0 Å². The van der Waals surface area contributed by atoms with Crippen molar-refractivity contribution in [1.29, 1.82) is 0 Å². The number of nitrogens with zero attached hydrogens (tertiary/aromatic N) is 2. The van der Waals surface area contributed by atoms with Gasteiger partial charge < -0.3 is 10.1 Å². The standard InChI is InChI=1S/C8H13N3O3S/c1-6-9-2-8(10-6)15(13,14)11-3-7(4-11)5-12/h2,7,12H,3-5H2,1H3,(H,9,10). The lowest BCUT2D eigenvalue weighted by atomic mass is 10.1. The zero-order valence-electron chi connectivity index (χ0n) is 8.34. The Morgan fingerprint density at radius 3 is 2.80 bits per heavy atom. The van der Waals surface area contributed by atoms with Crippen molar-refractivity contribution in [1.82, 2.24) is 14.3 Å². The van der Waals surface area contributed by atoms with Gasteiger partial charge in [0.1, 0.15) is 5.82 Å². The molecule has 1 aromatic rings. The smallest absolute Gasteiger partial charge is 0.260 e. The summed E-state index contributed by atoms with van der Waals surface area (Å²) in [7, 11) is -3.42. The number of aliphatic hydroxyl groups excluding tert-OH is 1. The molecule has 2 rings (SSSR count). The third-order valence-corrected chi connectivity index (χ3v) is 4.22. The van der Waals surface area contributed by atoms with Gasteiger partial charge in [0.2, 0.25) is 0 Å². The fraction of sp³-hybridized carbons (Fsp3) is 0.625. The van der Waals surface area contributed by atoms with Crippen LogP contribution in [0.5, 0.6) is 0 Å². The quantitative estimate of drug-likeness (QED) is 0.722. The molecule has 1 saturated heterocycles. The van der Waals surface area contributed by atoms with Crippen molar-refractivity contribution in [3.63, 3.8) is 0 Å². The van der Waals surface area contributed by atoms with E-state index in [1.54, 1.807) is 6.92 Å². The van der Waals surface area contributed by atoms with E-state index in [1.165, 1.54) is 10.5 Å². The number of H-pyrrole nitrogens is 1. The molecule has 1 aliphatic rings. The van der Waals surface area contributed by atoms with Crippen LogP contribution in [0, 0.1) is 12.8 Å². The molecule has 0 aliphatic carbocycles. The lowest BCUT2D eigenvalue weighted by Gasteiger charge is -2.36. The van der Waals surface area contributed by atoms with Crippen LogP contribution in [0.3, 0.4) is 0 Å². The molecule has 84 valence electrons. The lowest BCUT2D eigenvalue weighted by Crippen LogP contribution is -2.51. The zero-order chi connectivity index (χ0) is 11.1. The maximum atomic E-state index is 11.9. The molecule has 0 saturated carbocycles. The Balaban J connectivity index is 2.15. The van der Waals surface area contributed by atoms with Crippen LogP contribution in [0.2, 0.25) is 0 Å². The van der Waals surface area contributed by atoms with Crippen LogP contribution < -0.4 is 0 Å². The summed E-state index contributed by atoms with van der Waals surface area (Å²) in [6.07, 6.45) is 1.32. The number of aromatic nitrogens is 2. The van der Waals surface area contributed by atoms with Crippen LogP contribution in [0.4, 0.5) is 0 Å². The number of imidazole rings is 1. The summed E-state index contributed by atoms with van der Waals surface area (Å²) in [6, 6.07) is 0. The molecular weight excluding hydrogens is 218 g/mol. The average molecular weight is 231 g/mol. The Bertz CT molecular complexity index is 447. The Morgan fingerprint density at radius 1 is 1.67 bits per heavy atom. The minimum atomic E-state index is -3.42. The second-order valence-corrected chi connectivity index (χ2v) is 5.61. The summed E-state index contributed by atoms with van der Waals surface area (Å²) in [5.74, 6) is 0.650. The van der Waals surface area contributed by atoms with Crippen molar-refractivity contribution in [2.45, 2.75) is 11.9 Å². The van der Waals surface area contributed by atoms with Crippen LogP contribution in [-0.2, 0) is 10.0 Å². The van der Waals surface area contributed by atoms with Crippen molar-refractivity contribution >= 4 is 10.0 Å². The van der Waals surface area contributed by atoms with Crippen LogP contribution in [0.25, 0.3) is 0 Å². The van der Waals surface area contributed by atoms with Gasteiger partial charge in [-0.1, -0.05) is 0 Å². The maximum absolute atomic E-state index is 11.9. The van der Waals surface area contributed by atoms with Crippen molar-refractivity contribution < 1.29 is 13.5 Å². The van der Waals surface area contributed by atoms with Crippen molar-refractivity contribution in [3.05, 3.63) is 12.0 Å². The van der Waals surface area contributed by atoms with Gasteiger partial charge in [0.15, 0.2) is 5.03 Å². The summed E-state index contributed by atoms with van der Waals surface area (Å²) >= 11 is 0. The fourth-order valence-corrected chi connectivity index (χ4v) is 3.06. The highest BCUT2D eigenvalue weighted by molar-refractivity contribution is 7.89. The van der Waals surface area contributed by atoms with Crippen LogP contribution in [0.1, 0.15) is 5.82 Å². The lowest BCUT2D eigenvalue weighted by molar-refractivity contribution is 0.117. The first-order valence-electron chi connectivity index (χ1n) is 4.66. The number of nitrogens with one attached hydrogen (secondary N) is 1. The Labute approximate surface area is 88.0 Å². The Morgan fingerprint density at radius 2 is 2.33 bits per heavy atom.